The van der Waals surface area contributed by atoms with Crippen molar-refractivity contribution in [1.82, 2.24) is 4.90 Å². The van der Waals surface area contributed by atoms with Gasteiger partial charge in [0.1, 0.15) is 12.4 Å². The van der Waals surface area contributed by atoms with E-state index in [0.717, 1.165) is 36.0 Å². The minimum absolute atomic E-state index is 0.0524. The standard InChI is InChI=1S/C15H21N3O2/c1-18(11-3-4-11)6-7-20-14-8-10-2-5-15(19)17-13(10)9-12(14)16/h8-9,11H,2-7,16H2,1H3,(H,17,19). The average Bonchev–Trinajstić information content (AvgIpc) is 3.23. The van der Waals surface area contributed by atoms with Gasteiger partial charge in [0.05, 0.1) is 5.69 Å². The number of nitrogen functional groups attached to an aromatic ring is 1. The number of amides is 1. The zero-order valence-corrected chi connectivity index (χ0v) is 11.8. The lowest BCUT2D eigenvalue weighted by Gasteiger charge is -2.20. The van der Waals surface area contributed by atoms with E-state index in [9.17, 15) is 4.79 Å². The molecule has 3 rings (SSSR count). The van der Waals surface area contributed by atoms with Crippen molar-refractivity contribution in [2.45, 2.75) is 31.7 Å². The summed E-state index contributed by atoms with van der Waals surface area (Å²) in [4.78, 5) is 13.7. The molecule has 1 saturated carbocycles. The number of ether oxygens (including phenoxy) is 1. The number of anilines is 2. The maximum Gasteiger partial charge on any atom is 0.224 e. The van der Waals surface area contributed by atoms with E-state index >= 15 is 0 Å². The summed E-state index contributed by atoms with van der Waals surface area (Å²) in [5, 5.41) is 2.84. The molecule has 3 N–H and O–H groups in total. The molecule has 1 aromatic rings. The zero-order valence-electron chi connectivity index (χ0n) is 11.8. The van der Waals surface area contributed by atoms with Gasteiger partial charge < -0.3 is 20.7 Å². The quantitative estimate of drug-likeness (QED) is 0.801. The Labute approximate surface area is 119 Å². The van der Waals surface area contributed by atoms with Crippen LogP contribution in [0.25, 0.3) is 0 Å². The SMILES string of the molecule is CN(CCOc1cc2c(cc1N)NC(=O)CC2)C1CC1. The topological polar surface area (TPSA) is 67.6 Å². The number of aryl methyl sites for hydroxylation is 1. The Morgan fingerprint density at radius 1 is 1.40 bits per heavy atom. The molecule has 1 aliphatic carbocycles. The fraction of sp³-hybridized carbons (Fsp3) is 0.533. The maximum atomic E-state index is 11.4. The molecule has 1 fully saturated rings. The third-order valence-electron chi connectivity index (χ3n) is 4.00. The highest BCUT2D eigenvalue weighted by Gasteiger charge is 2.25. The van der Waals surface area contributed by atoms with Crippen LogP contribution in [-0.2, 0) is 11.2 Å². The van der Waals surface area contributed by atoms with Crippen molar-refractivity contribution < 1.29 is 9.53 Å². The van der Waals surface area contributed by atoms with E-state index in [4.69, 9.17) is 10.5 Å². The van der Waals surface area contributed by atoms with Crippen LogP contribution < -0.4 is 15.8 Å². The van der Waals surface area contributed by atoms with E-state index in [2.05, 4.69) is 17.3 Å². The lowest BCUT2D eigenvalue weighted by Crippen LogP contribution is -2.26. The average molecular weight is 275 g/mol. The number of nitrogens with one attached hydrogen (secondary N) is 1. The Kier molecular flexibility index (Phi) is 3.53. The van der Waals surface area contributed by atoms with Crippen molar-refractivity contribution in [2.24, 2.45) is 0 Å². The Morgan fingerprint density at radius 2 is 2.20 bits per heavy atom. The summed E-state index contributed by atoms with van der Waals surface area (Å²) in [5.74, 6) is 0.778. The molecular formula is C15H21N3O2. The number of carbonyl (C=O) groups is 1. The molecule has 1 heterocycles. The van der Waals surface area contributed by atoms with Gasteiger partial charge >= 0.3 is 0 Å². The normalized spacial score (nSPS) is 17.8. The highest BCUT2D eigenvalue weighted by molar-refractivity contribution is 5.94. The van der Waals surface area contributed by atoms with E-state index < -0.39 is 0 Å². The molecule has 2 aliphatic rings. The Bertz CT molecular complexity index is 526. The first-order chi connectivity index (χ1) is 9.63. The third-order valence-corrected chi connectivity index (χ3v) is 4.00. The molecule has 108 valence electrons. The Balaban J connectivity index is 1.62. The molecule has 1 aromatic carbocycles. The highest BCUT2D eigenvalue weighted by atomic mass is 16.5. The van der Waals surface area contributed by atoms with Crippen LogP contribution in [-0.4, -0.2) is 37.0 Å². The summed E-state index contributed by atoms with van der Waals surface area (Å²) in [5.41, 5.74) is 8.49. The van der Waals surface area contributed by atoms with Crippen LogP contribution in [0.5, 0.6) is 5.75 Å². The first-order valence-corrected chi connectivity index (χ1v) is 7.19. The second-order valence-electron chi connectivity index (χ2n) is 5.66. The lowest BCUT2D eigenvalue weighted by molar-refractivity contribution is -0.116. The van der Waals surface area contributed by atoms with Gasteiger partial charge in [0, 0.05) is 24.7 Å². The predicted molar refractivity (Wildman–Crippen MR) is 79.0 cm³/mol. The van der Waals surface area contributed by atoms with Crippen LogP contribution in [0, 0.1) is 0 Å². The minimum atomic E-state index is 0.0524. The number of nitrogens with zero attached hydrogens (tertiary/aromatic N) is 1. The highest BCUT2D eigenvalue weighted by Crippen LogP contribution is 2.32. The number of fused-ring (bicyclic) bond motifs is 1. The van der Waals surface area contributed by atoms with Crippen LogP contribution in [0.15, 0.2) is 12.1 Å². The number of likely N-dealkylation sites (N-methyl/N-ethyl adjacent to an activating group) is 1. The molecule has 1 amide bonds. The molecule has 5 nitrogen and oxygen atoms in total. The third kappa shape index (κ3) is 2.88. The number of rotatable bonds is 5. The summed E-state index contributed by atoms with van der Waals surface area (Å²) in [6.07, 6.45) is 3.88. The fourth-order valence-corrected chi connectivity index (χ4v) is 2.55. The van der Waals surface area contributed by atoms with Crippen molar-refractivity contribution in [3.05, 3.63) is 17.7 Å². The maximum absolute atomic E-state index is 11.4. The largest absolute Gasteiger partial charge is 0.490 e. The molecule has 0 aromatic heterocycles. The van der Waals surface area contributed by atoms with Gasteiger partial charge in [-0.05, 0) is 44.0 Å². The van der Waals surface area contributed by atoms with Gasteiger partial charge in [0.2, 0.25) is 5.91 Å². The van der Waals surface area contributed by atoms with Crippen molar-refractivity contribution in [2.75, 3.05) is 31.2 Å². The smallest absolute Gasteiger partial charge is 0.224 e. The summed E-state index contributed by atoms with van der Waals surface area (Å²) in [7, 11) is 2.13. The lowest BCUT2D eigenvalue weighted by atomic mass is 10.0. The van der Waals surface area contributed by atoms with Crippen LogP contribution >= 0.6 is 0 Å². The van der Waals surface area contributed by atoms with E-state index in [-0.39, 0.29) is 5.91 Å². The van der Waals surface area contributed by atoms with Crippen molar-refractivity contribution >= 4 is 17.3 Å². The number of hydrogen-bond donors (Lipinski definition) is 2. The van der Waals surface area contributed by atoms with Gasteiger partial charge in [-0.3, -0.25) is 4.79 Å². The molecule has 1 aliphatic heterocycles. The molecule has 0 saturated heterocycles. The van der Waals surface area contributed by atoms with Crippen molar-refractivity contribution in [3.8, 4) is 5.75 Å². The first-order valence-electron chi connectivity index (χ1n) is 7.19. The molecule has 0 bridgehead atoms. The second-order valence-corrected chi connectivity index (χ2v) is 5.66. The van der Waals surface area contributed by atoms with E-state index in [1.54, 1.807) is 6.07 Å². The summed E-state index contributed by atoms with van der Waals surface area (Å²) in [6.45, 7) is 1.56. The van der Waals surface area contributed by atoms with Gasteiger partial charge in [0.25, 0.3) is 0 Å². The van der Waals surface area contributed by atoms with E-state index in [1.807, 2.05) is 6.07 Å². The molecule has 0 radical (unpaired) electrons. The Morgan fingerprint density at radius 3 is 2.95 bits per heavy atom. The molecule has 5 heteroatoms. The Hall–Kier alpha value is -1.75. The van der Waals surface area contributed by atoms with Gasteiger partial charge in [-0.15, -0.1) is 0 Å². The molecule has 0 spiro atoms. The second kappa shape index (κ2) is 5.32. The zero-order chi connectivity index (χ0) is 14.1. The van der Waals surface area contributed by atoms with Crippen molar-refractivity contribution in [3.63, 3.8) is 0 Å². The number of nitrogens with two attached hydrogens (primary N) is 1. The fourth-order valence-electron chi connectivity index (χ4n) is 2.55. The number of hydrogen-bond acceptors (Lipinski definition) is 4. The van der Waals surface area contributed by atoms with Crippen LogP contribution in [0.1, 0.15) is 24.8 Å². The molecule has 0 unspecified atom stereocenters. The first kappa shape index (κ1) is 13.2. The minimum Gasteiger partial charge on any atom is -0.490 e. The van der Waals surface area contributed by atoms with E-state index in [1.165, 1.54) is 12.8 Å². The monoisotopic (exact) mass is 275 g/mol. The van der Waals surface area contributed by atoms with Crippen molar-refractivity contribution in [1.29, 1.82) is 0 Å². The molecule has 0 atom stereocenters. The molecule has 20 heavy (non-hydrogen) atoms. The number of benzene rings is 1. The summed E-state index contributed by atoms with van der Waals surface area (Å²) >= 11 is 0. The van der Waals surface area contributed by atoms with Gasteiger partial charge in [-0.2, -0.15) is 0 Å². The van der Waals surface area contributed by atoms with Crippen LogP contribution in [0.2, 0.25) is 0 Å². The predicted octanol–water partition coefficient (Wildman–Crippen LogP) is 1.63. The van der Waals surface area contributed by atoms with Gasteiger partial charge in [0.15, 0.2) is 0 Å². The van der Waals surface area contributed by atoms with Crippen LogP contribution in [0.3, 0.4) is 0 Å². The van der Waals surface area contributed by atoms with Crippen LogP contribution in [0.4, 0.5) is 11.4 Å². The molecular weight excluding hydrogens is 254 g/mol. The van der Waals surface area contributed by atoms with E-state index in [0.29, 0.717) is 18.7 Å². The van der Waals surface area contributed by atoms with Gasteiger partial charge in [-0.25, -0.2) is 0 Å². The summed E-state index contributed by atoms with van der Waals surface area (Å²) < 4.78 is 5.80. The number of carbonyl (C=O) groups excluding carboxylic acids is 1. The van der Waals surface area contributed by atoms with Gasteiger partial charge in [-0.1, -0.05) is 0 Å². The summed E-state index contributed by atoms with van der Waals surface area (Å²) in [6, 6.07) is 4.50.